The smallest absolute Gasteiger partial charge is 0.343 e. The van der Waals surface area contributed by atoms with Gasteiger partial charge in [-0.2, -0.15) is 5.10 Å². The van der Waals surface area contributed by atoms with Crippen molar-refractivity contribution in [3.63, 3.8) is 0 Å². The highest BCUT2D eigenvalue weighted by molar-refractivity contribution is 7.80. The van der Waals surface area contributed by atoms with Gasteiger partial charge in [0.05, 0.1) is 26.0 Å². The molecule has 0 fully saturated rings. The SMILES string of the molecule is C=CCNC(=S)NN=Cc1ccc(OC(=O)c2ccc(OC)cc2)c(OC)c1. The summed E-state index contributed by atoms with van der Waals surface area (Å²) < 4.78 is 15.8. The summed E-state index contributed by atoms with van der Waals surface area (Å²) in [5, 5.41) is 7.31. The number of carbonyl (C=O) groups excluding carboxylic acids is 1. The first-order valence-corrected chi connectivity index (χ1v) is 8.70. The maximum Gasteiger partial charge on any atom is 0.343 e. The number of hydrazone groups is 1. The first-order chi connectivity index (χ1) is 13.6. The van der Waals surface area contributed by atoms with E-state index in [4.69, 9.17) is 26.4 Å². The Morgan fingerprint density at radius 1 is 1.14 bits per heavy atom. The monoisotopic (exact) mass is 399 g/mol. The van der Waals surface area contributed by atoms with Crippen molar-refractivity contribution in [2.24, 2.45) is 5.10 Å². The van der Waals surface area contributed by atoms with E-state index in [0.29, 0.717) is 34.5 Å². The Morgan fingerprint density at radius 2 is 1.89 bits per heavy atom. The highest BCUT2D eigenvalue weighted by Crippen LogP contribution is 2.28. The number of rotatable bonds is 8. The summed E-state index contributed by atoms with van der Waals surface area (Å²) in [6, 6.07) is 11.7. The molecule has 2 aromatic carbocycles. The molecule has 2 rings (SSSR count). The van der Waals surface area contributed by atoms with Gasteiger partial charge in [0.2, 0.25) is 0 Å². The number of thiocarbonyl (C=S) groups is 1. The van der Waals surface area contributed by atoms with Crippen LogP contribution < -0.4 is 25.0 Å². The molecule has 28 heavy (non-hydrogen) atoms. The van der Waals surface area contributed by atoms with Gasteiger partial charge in [-0.05, 0) is 60.2 Å². The summed E-state index contributed by atoms with van der Waals surface area (Å²) in [4.78, 5) is 12.3. The molecule has 0 aliphatic carbocycles. The Morgan fingerprint density at radius 3 is 2.54 bits per heavy atom. The van der Waals surface area contributed by atoms with Gasteiger partial charge in [-0.1, -0.05) is 6.08 Å². The molecule has 0 bridgehead atoms. The number of benzene rings is 2. The molecule has 2 N–H and O–H groups in total. The van der Waals surface area contributed by atoms with Crippen molar-refractivity contribution in [1.29, 1.82) is 0 Å². The lowest BCUT2D eigenvalue weighted by atomic mass is 10.2. The van der Waals surface area contributed by atoms with E-state index in [2.05, 4.69) is 22.4 Å². The van der Waals surface area contributed by atoms with Crippen LogP contribution in [0.3, 0.4) is 0 Å². The zero-order valence-electron chi connectivity index (χ0n) is 15.6. The van der Waals surface area contributed by atoms with Crippen LogP contribution in [0.15, 0.2) is 60.2 Å². The fraction of sp³-hybridized carbons (Fsp3) is 0.150. The summed E-state index contributed by atoms with van der Waals surface area (Å²) in [6.07, 6.45) is 3.26. The van der Waals surface area contributed by atoms with Crippen LogP contribution in [0.25, 0.3) is 0 Å². The number of hydrogen-bond acceptors (Lipinski definition) is 6. The molecule has 7 nitrogen and oxygen atoms in total. The average Bonchev–Trinajstić information content (AvgIpc) is 2.73. The van der Waals surface area contributed by atoms with Gasteiger partial charge in [-0.15, -0.1) is 6.58 Å². The van der Waals surface area contributed by atoms with E-state index in [1.165, 1.54) is 7.11 Å². The minimum absolute atomic E-state index is 0.302. The molecular weight excluding hydrogens is 378 g/mol. The van der Waals surface area contributed by atoms with Crippen LogP contribution >= 0.6 is 12.2 Å². The molecule has 0 unspecified atom stereocenters. The lowest BCUT2D eigenvalue weighted by Gasteiger charge is -2.10. The number of ether oxygens (including phenoxy) is 3. The molecule has 0 radical (unpaired) electrons. The molecule has 0 aliphatic rings. The summed E-state index contributed by atoms with van der Waals surface area (Å²) in [6.45, 7) is 4.14. The predicted molar refractivity (Wildman–Crippen MR) is 112 cm³/mol. The maximum atomic E-state index is 12.3. The molecular formula is C20H21N3O4S. The Hall–Kier alpha value is -3.39. The van der Waals surface area contributed by atoms with Crippen molar-refractivity contribution in [3.8, 4) is 17.2 Å². The largest absolute Gasteiger partial charge is 0.497 e. The summed E-state index contributed by atoms with van der Waals surface area (Å²) >= 11 is 5.04. The van der Waals surface area contributed by atoms with Crippen molar-refractivity contribution >= 4 is 29.5 Å². The number of esters is 1. The van der Waals surface area contributed by atoms with Gasteiger partial charge < -0.3 is 19.5 Å². The molecule has 0 saturated carbocycles. The van der Waals surface area contributed by atoms with E-state index >= 15 is 0 Å². The average molecular weight is 399 g/mol. The summed E-state index contributed by atoms with van der Waals surface area (Å²) in [5.74, 6) is 0.864. The van der Waals surface area contributed by atoms with Crippen LogP contribution in [0.4, 0.5) is 0 Å². The minimum atomic E-state index is -0.498. The molecule has 146 valence electrons. The van der Waals surface area contributed by atoms with Crippen molar-refractivity contribution in [2.75, 3.05) is 20.8 Å². The zero-order chi connectivity index (χ0) is 20.4. The first kappa shape index (κ1) is 20.9. The molecule has 0 heterocycles. The number of methoxy groups -OCH3 is 2. The molecule has 0 aromatic heterocycles. The Labute approximate surface area is 169 Å². The van der Waals surface area contributed by atoms with Crippen LogP contribution in [0.2, 0.25) is 0 Å². The quantitative estimate of drug-likeness (QED) is 0.176. The van der Waals surface area contributed by atoms with E-state index < -0.39 is 5.97 Å². The van der Waals surface area contributed by atoms with Crippen molar-refractivity contribution < 1.29 is 19.0 Å². The maximum absolute atomic E-state index is 12.3. The third kappa shape index (κ3) is 6.10. The van der Waals surface area contributed by atoms with Gasteiger partial charge in [-0.3, -0.25) is 5.43 Å². The zero-order valence-corrected chi connectivity index (χ0v) is 16.4. The van der Waals surface area contributed by atoms with E-state index in [1.54, 1.807) is 61.9 Å². The predicted octanol–water partition coefficient (Wildman–Crippen LogP) is 2.91. The van der Waals surface area contributed by atoms with Gasteiger partial charge >= 0.3 is 5.97 Å². The van der Waals surface area contributed by atoms with Crippen molar-refractivity contribution in [2.45, 2.75) is 0 Å². The van der Waals surface area contributed by atoms with E-state index in [-0.39, 0.29) is 0 Å². The number of nitrogens with zero attached hydrogens (tertiary/aromatic N) is 1. The fourth-order valence-electron chi connectivity index (χ4n) is 2.10. The Kier molecular flexibility index (Phi) is 7.98. The molecule has 8 heteroatoms. The lowest BCUT2D eigenvalue weighted by Crippen LogP contribution is -2.31. The van der Waals surface area contributed by atoms with Gasteiger partial charge in [0.1, 0.15) is 5.75 Å². The summed E-state index contributed by atoms with van der Waals surface area (Å²) in [7, 11) is 3.05. The number of carbonyl (C=O) groups is 1. The highest BCUT2D eigenvalue weighted by atomic mass is 32.1. The number of hydrogen-bond donors (Lipinski definition) is 2. The third-order valence-corrected chi connectivity index (χ3v) is 3.74. The molecule has 2 aromatic rings. The lowest BCUT2D eigenvalue weighted by molar-refractivity contribution is 0.0729. The van der Waals surface area contributed by atoms with E-state index in [1.807, 2.05) is 0 Å². The van der Waals surface area contributed by atoms with Gasteiger partial charge in [0, 0.05) is 6.54 Å². The minimum Gasteiger partial charge on any atom is -0.497 e. The van der Waals surface area contributed by atoms with Crippen LogP contribution in [0, 0.1) is 0 Å². The third-order valence-electron chi connectivity index (χ3n) is 3.50. The van der Waals surface area contributed by atoms with Crippen molar-refractivity contribution in [3.05, 3.63) is 66.2 Å². The second kappa shape index (κ2) is 10.7. The molecule has 0 atom stereocenters. The Balaban J connectivity index is 2.04. The van der Waals surface area contributed by atoms with Crippen molar-refractivity contribution in [1.82, 2.24) is 10.7 Å². The fourth-order valence-corrected chi connectivity index (χ4v) is 2.24. The van der Waals surface area contributed by atoms with Crippen LogP contribution in [0.1, 0.15) is 15.9 Å². The standard InChI is InChI=1S/C20H21N3O4S/c1-4-11-21-20(28)23-22-13-14-5-10-17(18(12-14)26-3)27-19(24)15-6-8-16(25-2)9-7-15/h4-10,12-13H,1,11H2,2-3H3,(H2,21,23,28). The van der Waals surface area contributed by atoms with Gasteiger partial charge in [0.15, 0.2) is 16.6 Å². The van der Waals surface area contributed by atoms with Crippen LogP contribution in [-0.4, -0.2) is 38.1 Å². The van der Waals surface area contributed by atoms with Crippen LogP contribution in [0.5, 0.6) is 17.2 Å². The number of nitrogens with one attached hydrogen (secondary N) is 2. The van der Waals surface area contributed by atoms with E-state index in [0.717, 1.165) is 5.56 Å². The highest BCUT2D eigenvalue weighted by Gasteiger charge is 2.13. The molecule has 0 aliphatic heterocycles. The van der Waals surface area contributed by atoms with E-state index in [9.17, 15) is 4.79 Å². The molecule has 0 amide bonds. The summed E-state index contributed by atoms with van der Waals surface area (Å²) in [5.41, 5.74) is 3.82. The van der Waals surface area contributed by atoms with Gasteiger partial charge in [0.25, 0.3) is 0 Å². The van der Waals surface area contributed by atoms with Gasteiger partial charge in [-0.25, -0.2) is 4.79 Å². The normalized spacial score (nSPS) is 10.2. The second-order valence-corrected chi connectivity index (χ2v) is 5.81. The Bertz CT molecular complexity index is 866. The first-order valence-electron chi connectivity index (χ1n) is 8.29. The topological polar surface area (TPSA) is 81.2 Å². The van der Waals surface area contributed by atoms with Crippen LogP contribution in [-0.2, 0) is 0 Å². The molecule has 0 saturated heterocycles. The molecule has 0 spiro atoms. The second-order valence-electron chi connectivity index (χ2n) is 5.40.